The highest BCUT2D eigenvalue weighted by molar-refractivity contribution is 5.59. The molecule has 0 aliphatic heterocycles. The quantitative estimate of drug-likeness (QED) is 0.814. The maximum absolute atomic E-state index is 4.53. The molecule has 1 aromatic rings. The van der Waals surface area contributed by atoms with E-state index < -0.39 is 0 Å². The van der Waals surface area contributed by atoms with E-state index in [0.717, 1.165) is 24.1 Å². The lowest BCUT2D eigenvalue weighted by Gasteiger charge is -2.30. The van der Waals surface area contributed by atoms with Gasteiger partial charge >= 0.3 is 0 Å². The van der Waals surface area contributed by atoms with Gasteiger partial charge in [0.1, 0.15) is 18.0 Å². The van der Waals surface area contributed by atoms with Crippen LogP contribution in [0.25, 0.3) is 0 Å². The van der Waals surface area contributed by atoms with Crippen LogP contribution in [-0.2, 0) is 0 Å². The molecule has 4 heteroatoms. The van der Waals surface area contributed by atoms with E-state index in [1.807, 2.05) is 0 Å². The Kier molecular flexibility index (Phi) is 5.83. The van der Waals surface area contributed by atoms with Crippen molar-refractivity contribution in [2.45, 2.75) is 71.8 Å². The van der Waals surface area contributed by atoms with E-state index in [1.165, 1.54) is 37.7 Å². The van der Waals surface area contributed by atoms with Crippen molar-refractivity contribution in [1.82, 2.24) is 9.97 Å². The Bertz CT molecular complexity index is 444. The fourth-order valence-corrected chi connectivity index (χ4v) is 3.35. The molecule has 1 fully saturated rings. The van der Waals surface area contributed by atoms with Crippen LogP contribution in [0.15, 0.2) is 6.33 Å². The summed E-state index contributed by atoms with van der Waals surface area (Å²) < 4.78 is 0. The predicted octanol–water partition coefficient (Wildman–Crippen LogP) is 4.41. The Morgan fingerprint density at radius 3 is 2.62 bits per heavy atom. The van der Waals surface area contributed by atoms with Crippen LogP contribution in [0.4, 0.5) is 11.6 Å². The average Bonchev–Trinajstić information content (AvgIpc) is 2.47. The summed E-state index contributed by atoms with van der Waals surface area (Å²) in [5.41, 5.74) is 1.22. The fourth-order valence-electron chi connectivity index (χ4n) is 3.35. The second-order valence-electron chi connectivity index (χ2n) is 6.45. The lowest BCUT2D eigenvalue weighted by atomic mass is 9.84. The second kappa shape index (κ2) is 7.62. The summed E-state index contributed by atoms with van der Waals surface area (Å²) in [5.74, 6) is 3.28. The Hall–Kier alpha value is -1.32. The van der Waals surface area contributed by atoms with Gasteiger partial charge in [-0.15, -0.1) is 0 Å². The van der Waals surface area contributed by atoms with E-state index >= 15 is 0 Å². The summed E-state index contributed by atoms with van der Waals surface area (Å²) in [6, 6.07) is 0.561. The number of nitrogens with zero attached hydrogens (tertiary/aromatic N) is 2. The van der Waals surface area contributed by atoms with Crippen molar-refractivity contribution in [3.63, 3.8) is 0 Å². The first-order chi connectivity index (χ1) is 10.2. The van der Waals surface area contributed by atoms with E-state index in [9.17, 15) is 0 Å². The van der Waals surface area contributed by atoms with E-state index in [4.69, 9.17) is 0 Å². The maximum Gasteiger partial charge on any atom is 0.135 e. The molecule has 0 saturated heterocycles. The van der Waals surface area contributed by atoms with Crippen molar-refractivity contribution in [2.75, 3.05) is 17.2 Å². The highest BCUT2D eigenvalue weighted by Gasteiger charge is 2.23. The number of rotatable bonds is 6. The van der Waals surface area contributed by atoms with Crippen LogP contribution < -0.4 is 10.6 Å². The first-order valence-corrected chi connectivity index (χ1v) is 8.50. The summed E-state index contributed by atoms with van der Waals surface area (Å²) >= 11 is 0. The molecular formula is C17H30N4. The summed E-state index contributed by atoms with van der Waals surface area (Å²) in [5, 5.41) is 7.07. The summed E-state index contributed by atoms with van der Waals surface area (Å²) in [6.45, 7) is 9.71. The molecule has 2 unspecified atom stereocenters. The van der Waals surface area contributed by atoms with Gasteiger partial charge in [-0.05, 0) is 31.6 Å². The summed E-state index contributed by atoms with van der Waals surface area (Å²) in [6.07, 6.45) is 8.22. The summed E-state index contributed by atoms with van der Waals surface area (Å²) in [4.78, 5) is 8.94. The van der Waals surface area contributed by atoms with E-state index in [-0.39, 0.29) is 0 Å². The van der Waals surface area contributed by atoms with Crippen molar-refractivity contribution in [3.8, 4) is 0 Å². The van der Waals surface area contributed by atoms with Gasteiger partial charge in [-0.25, -0.2) is 9.97 Å². The highest BCUT2D eigenvalue weighted by atomic mass is 15.1. The molecule has 1 aromatic heterocycles. The smallest absolute Gasteiger partial charge is 0.135 e. The molecular weight excluding hydrogens is 260 g/mol. The van der Waals surface area contributed by atoms with Gasteiger partial charge < -0.3 is 10.6 Å². The molecule has 4 nitrogen and oxygen atoms in total. The van der Waals surface area contributed by atoms with Gasteiger partial charge in [0.25, 0.3) is 0 Å². The average molecular weight is 290 g/mol. The molecule has 0 bridgehead atoms. The van der Waals surface area contributed by atoms with Gasteiger partial charge in [0, 0.05) is 18.2 Å². The Morgan fingerprint density at radius 1 is 1.19 bits per heavy atom. The number of aromatic nitrogens is 2. The van der Waals surface area contributed by atoms with E-state index in [0.29, 0.717) is 12.0 Å². The first-order valence-electron chi connectivity index (χ1n) is 8.50. The van der Waals surface area contributed by atoms with Crippen LogP contribution >= 0.6 is 0 Å². The Balaban J connectivity index is 2.16. The van der Waals surface area contributed by atoms with E-state index in [2.05, 4.69) is 48.3 Å². The van der Waals surface area contributed by atoms with E-state index in [1.54, 1.807) is 6.33 Å². The third kappa shape index (κ3) is 4.08. The largest absolute Gasteiger partial charge is 0.370 e. The van der Waals surface area contributed by atoms with Crippen molar-refractivity contribution < 1.29 is 0 Å². The van der Waals surface area contributed by atoms with Crippen molar-refractivity contribution in [2.24, 2.45) is 5.92 Å². The normalized spacial score (nSPS) is 22.3. The molecule has 0 amide bonds. The zero-order chi connectivity index (χ0) is 15.2. The SMILES string of the molecule is CCNc1ncnc(NC2CCCC(CC)C2)c1C(C)C. The fraction of sp³-hybridized carbons (Fsp3) is 0.765. The van der Waals surface area contributed by atoms with Crippen LogP contribution in [0.1, 0.15) is 71.3 Å². The number of hydrogen-bond acceptors (Lipinski definition) is 4. The highest BCUT2D eigenvalue weighted by Crippen LogP contribution is 2.32. The lowest BCUT2D eigenvalue weighted by Crippen LogP contribution is -2.28. The zero-order valence-corrected chi connectivity index (χ0v) is 13.9. The van der Waals surface area contributed by atoms with Crippen molar-refractivity contribution in [3.05, 3.63) is 11.9 Å². The minimum Gasteiger partial charge on any atom is -0.370 e. The topological polar surface area (TPSA) is 49.8 Å². The van der Waals surface area contributed by atoms with Crippen molar-refractivity contribution >= 4 is 11.6 Å². The van der Waals surface area contributed by atoms with Gasteiger partial charge in [0.2, 0.25) is 0 Å². The van der Waals surface area contributed by atoms with Crippen LogP contribution in [0.5, 0.6) is 0 Å². The molecule has 118 valence electrons. The monoisotopic (exact) mass is 290 g/mol. The Morgan fingerprint density at radius 2 is 1.95 bits per heavy atom. The van der Waals surface area contributed by atoms with Gasteiger partial charge in [0.15, 0.2) is 0 Å². The van der Waals surface area contributed by atoms with Crippen molar-refractivity contribution in [1.29, 1.82) is 0 Å². The van der Waals surface area contributed by atoms with Gasteiger partial charge in [-0.3, -0.25) is 0 Å². The first kappa shape index (κ1) is 16.1. The number of hydrogen-bond donors (Lipinski definition) is 2. The third-order valence-corrected chi connectivity index (χ3v) is 4.51. The zero-order valence-electron chi connectivity index (χ0n) is 13.9. The molecule has 2 atom stereocenters. The van der Waals surface area contributed by atoms with Crippen LogP contribution in [0, 0.1) is 5.92 Å². The van der Waals surface area contributed by atoms with Crippen LogP contribution in [0.3, 0.4) is 0 Å². The summed E-state index contributed by atoms with van der Waals surface area (Å²) in [7, 11) is 0. The molecule has 1 aliphatic carbocycles. The van der Waals surface area contributed by atoms with Crippen LogP contribution in [-0.4, -0.2) is 22.6 Å². The molecule has 0 radical (unpaired) electrons. The minimum absolute atomic E-state index is 0.410. The Labute approximate surface area is 129 Å². The maximum atomic E-state index is 4.53. The predicted molar refractivity (Wildman–Crippen MR) is 89.9 cm³/mol. The molecule has 1 heterocycles. The molecule has 21 heavy (non-hydrogen) atoms. The number of nitrogens with one attached hydrogen (secondary N) is 2. The number of anilines is 2. The molecule has 0 spiro atoms. The standard InChI is InChI=1S/C17H30N4/c1-5-13-8-7-9-14(10-13)21-17-15(12(3)4)16(18-6-2)19-11-20-17/h11-14H,5-10H2,1-4H3,(H2,18,19,20,21). The molecule has 1 saturated carbocycles. The van der Waals surface area contributed by atoms with Gasteiger partial charge in [-0.1, -0.05) is 40.0 Å². The minimum atomic E-state index is 0.410. The molecule has 0 aromatic carbocycles. The molecule has 1 aliphatic rings. The molecule has 2 rings (SSSR count). The molecule has 2 N–H and O–H groups in total. The second-order valence-corrected chi connectivity index (χ2v) is 6.45. The third-order valence-electron chi connectivity index (χ3n) is 4.51. The van der Waals surface area contributed by atoms with Crippen LogP contribution in [0.2, 0.25) is 0 Å². The van der Waals surface area contributed by atoms with Gasteiger partial charge in [0.05, 0.1) is 0 Å². The lowest BCUT2D eigenvalue weighted by molar-refractivity contribution is 0.327. The van der Waals surface area contributed by atoms with Gasteiger partial charge in [-0.2, -0.15) is 0 Å².